The van der Waals surface area contributed by atoms with Crippen LogP contribution in [0, 0.1) is 0 Å². The first kappa shape index (κ1) is 13.3. The van der Waals surface area contributed by atoms with E-state index in [4.69, 9.17) is 5.73 Å². The van der Waals surface area contributed by atoms with Gasteiger partial charge in [0, 0.05) is 31.5 Å². The molecule has 0 bridgehead atoms. The van der Waals surface area contributed by atoms with E-state index in [0.29, 0.717) is 11.3 Å². The normalized spacial score (nSPS) is 10.4. The lowest BCUT2D eigenvalue weighted by Gasteiger charge is -2.14. The van der Waals surface area contributed by atoms with Crippen molar-refractivity contribution < 1.29 is 4.79 Å². The average Bonchev–Trinajstić information content (AvgIpc) is 2.28. The van der Waals surface area contributed by atoms with Gasteiger partial charge in [0.25, 0.3) is 5.91 Å². The first-order valence-corrected chi connectivity index (χ1v) is 5.55. The maximum atomic E-state index is 11.6. The summed E-state index contributed by atoms with van der Waals surface area (Å²) in [6.45, 7) is 1.66. The van der Waals surface area contributed by atoms with Gasteiger partial charge in [-0.25, -0.2) is 0 Å². The summed E-state index contributed by atoms with van der Waals surface area (Å²) >= 11 is 0. The van der Waals surface area contributed by atoms with Crippen LogP contribution in [-0.2, 0) is 0 Å². The van der Waals surface area contributed by atoms with Gasteiger partial charge in [-0.1, -0.05) is 0 Å². The summed E-state index contributed by atoms with van der Waals surface area (Å²) < 4.78 is 0. The highest BCUT2D eigenvalue weighted by Gasteiger charge is 2.09. The van der Waals surface area contributed by atoms with Crippen LogP contribution in [0.25, 0.3) is 0 Å². The SMILES string of the molecule is CNC(=O)c1ccc(N)cc1NCCN(C)C. The van der Waals surface area contributed by atoms with E-state index in [1.807, 2.05) is 14.1 Å². The molecule has 5 heteroatoms. The third kappa shape index (κ3) is 3.96. The average molecular weight is 236 g/mol. The van der Waals surface area contributed by atoms with Crippen LogP contribution in [0.15, 0.2) is 18.2 Å². The van der Waals surface area contributed by atoms with Crippen LogP contribution in [0.4, 0.5) is 11.4 Å². The van der Waals surface area contributed by atoms with E-state index in [9.17, 15) is 4.79 Å². The number of carbonyl (C=O) groups excluding carboxylic acids is 1. The molecule has 4 N–H and O–H groups in total. The number of benzene rings is 1. The number of rotatable bonds is 5. The van der Waals surface area contributed by atoms with Crippen molar-refractivity contribution in [3.8, 4) is 0 Å². The van der Waals surface area contributed by atoms with Crippen LogP contribution >= 0.6 is 0 Å². The second kappa shape index (κ2) is 6.10. The van der Waals surface area contributed by atoms with Gasteiger partial charge in [0.2, 0.25) is 0 Å². The van der Waals surface area contributed by atoms with Crippen molar-refractivity contribution in [2.75, 3.05) is 45.3 Å². The molecule has 5 nitrogen and oxygen atoms in total. The summed E-state index contributed by atoms with van der Waals surface area (Å²) in [5, 5.41) is 5.83. The zero-order chi connectivity index (χ0) is 12.8. The van der Waals surface area contributed by atoms with Crippen LogP contribution < -0.4 is 16.4 Å². The molecule has 0 spiro atoms. The summed E-state index contributed by atoms with van der Waals surface area (Å²) in [5.41, 5.74) is 7.74. The second-order valence-electron chi connectivity index (χ2n) is 4.11. The fourth-order valence-corrected chi connectivity index (χ4v) is 1.45. The molecule has 0 radical (unpaired) electrons. The van der Waals surface area contributed by atoms with Crippen molar-refractivity contribution in [2.24, 2.45) is 0 Å². The molecule has 0 aliphatic heterocycles. The number of anilines is 2. The monoisotopic (exact) mass is 236 g/mol. The van der Waals surface area contributed by atoms with E-state index in [0.717, 1.165) is 18.8 Å². The minimum Gasteiger partial charge on any atom is -0.399 e. The number of nitrogens with two attached hydrogens (primary N) is 1. The molecule has 94 valence electrons. The Bertz CT molecular complexity index is 390. The van der Waals surface area contributed by atoms with E-state index in [1.165, 1.54) is 0 Å². The maximum absolute atomic E-state index is 11.6. The van der Waals surface area contributed by atoms with E-state index in [1.54, 1.807) is 25.2 Å². The molecule has 1 rings (SSSR count). The molecule has 0 unspecified atom stereocenters. The molecule has 0 fully saturated rings. The molecule has 0 aliphatic carbocycles. The molecule has 1 aromatic carbocycles. The zero-order valence-corrected chi connectivity index (χ0v) is 10.6. The van der Waals surface area contributed by atoms with Crippen LogP contribution in [-0.4, -0.2) is 45.0 Å². The van der Waals surface area contributed by atoms with Crippen LogP contribution in [0.5, 0.6) is 0 Å². The van der Waals surface area contributed by atoms with Gasteiger partial charge in [0.1, 0.15) is 0 Å². The second-order valence-corrected chi connectivity index (χ2v) is 4.11. The molecular formula is C12H20N4O. The first-order valence-electron chi connectivity index (χ1n) is 5.55. The van der Waals surface area contributed by atoms with Crippen LogP contribution in [0.1, 0.15) is 10.4 Å². The lowest BCUT2D eigenvalue weighted by Crippen LogP contribution is -2.23. The third-order valence-electron chi connectivity index (χ3n) is 2.39. The van der Waals surface area contributed by atoms with Gasteiger partial charge in [0.15, 0.2) is 0 Å². The highest BCUT2D eigenvalue weighted by Crippen LogP contribution is 2.18. The first-order chi connectivity index (χ1) is 8.04. The van der Waals surface area contributed by atoms with Crippen LogP contribution in [0.2, 0.25) is 0 Å². The maximum Gasteiger partial charge on any atom is 0.253 e. The zero-order valence-electron chi connectivity index (χ0n) is 10.6. The van der Waals surface area contributed by atoms with E-state index in [2.05, 4.69) is 15.5 Å². The van der Waals surface area contributed by atoms with Gasteiger partial charge in [0.05, 0.1) is 5.56 Å². The number of hydrogen-bond acceptors (Lipinski definition) is 4. The number of amides is 1. The number of carbonyl (C=O) groups is 1. The Morgan fingerprint density at radius 1 is 1.41 bits per heavy atom. The minimum absolute atomic E-state index is 0.114. The quantitative estimate of drug-likeness (QED) is 0.655. The van der Waals surface area contributed by atoms with Gasteiger partial charge in [-0.15, -0.1) is 0 Å². The van der Waals surface area contributed by atoms with Crippen molar-refractivity contribution >= 4 is 17.3 Å². The predicted molar refractivity (Wildman–Crippen MR) is 71.3 cm³/mol. The molecular weight excluding hydrogens is 216 g/mol. The largest absolute Gasteiger partial charge is 0.399 e. The van der Waals surface area contributed by atoms with E-state index < -0.39 is 0 Å². The fraction of sp³-hybridized carbons (Fsp3) is 0.417. The molecule has 0 aromatic heterocycles. The number of likely N-dealkylation sites (N-methyl/N-ethyl adjacent to an activating group) is 1. The Morgan fingerprint density at radius 3 is 2.71 bits per heavy atom. The highest BCUT2D eigenvalue weighted by molar-refractivity contribution is 6.00. The van der Waals surface area contributed by atoms with Gasteiger partial charge in [-0.2, -0.15) is 0 Å². The van der Waals surface area contributed by atoms with Crippen molar-refractivity contribution in [3.05, 3.63) is 23.8 Å². The van der Waals surface area contributed by atoms with Crippen molar-refractivity contribution in [2.45, 2.75) is 0 Å². The molecule has 1 aromatic rings. The molecule has 17 heavy (non-hydrogen) atoms. The molecule has 0 atom stereocenters. The van der Waals surface area contributed by atoms with Crippen molar-refractivity contribution in [3.63, 3.8) is 0 Å². The van der Waals surface area contributed by atoms with Gasteiger partial charge in [-0.05, 0) is 32.3 Å². The van der Waals surface area contributed by atoms with E-state index in [-0.39, 0.29) is 5.91 Å². The lowest BCUT2D eigenvalue weighted by atomic mass is 10.1. The van der Waals surface area contributed by atoms with E-state index >= 15 is 0 Å². The molecule has 0 saturated carbocycles. The Morgan fingerprint density at radius 2 is 2.12 bits per heavy atom. The Hall–Kier alpha value is -1.75. The summed E-state index contributed by atoms with van der Waals surface area (Å²) in [6.07, 6.45) is 0. The van der Waals surface area contributed by atoms with Gasteiger partial charge in [-0.3, -0.25) is 4.79 Å². The summed E-state index contributed by atoms with van der Waals surface area (Å²) in [7, 11) is 5.61. The third-order valence-corrected chi connectivity index (χ3v) is 2.39. The number of nitrogens with one attached hydrogen (secondary N) is 2. The van der Waals surface area contributed by atoms with Gasteiger partial charge >= 0.3 is 0 Å². The minimum atomic E-state index is -0.114. The Labute approximate surface area is 102 Å². The van der Waals surface area contributed by atoms with Gasteiger partial charge < -0.3 is 21.3 Å². The molecule has 0 aliphatic rings. The molecule has 0 saturated heterocycles. The molecule has 1 amide bonds. The summed E-state index contributed by atoms with van der Waals surface area (Å²) in [5.74, 6) is -0.114. The summed E-state index contributed by atoms with van der Waals surface area (Å²) in [6, 6.07) is 5.23. The number of nitrogen functional groups attached to an aromatic ring is 1. The molecule has 0 heterocycles. The lowest BCUT2D eigenvalue weighted by molar-refractivity contribution is 0.0964. The fourth-order valence-electron chi connectivity index (χ4n) is 1.45. The number of nitrogens with zero attached hydrogens (tertiary/aromatic N) is 1. The van der Waals surface area contributed by atoms with Crippen LogP contribution in [0.3, 0.4) is 0 Å². The highest BCUT2D eigenvalue weighted by atomic mass is 16.1. The topological polar surface area (TPSA) is 70.4 Å². The smallest absolute Gasteiger partial charge is 0.253 e. The standard InChI is InChI=1S/C12H20N4O/c1-14-12(17)10-5-4-9(13)8-11(10)15-6-7-16(2)3/h4-5,8,15H,6-7,13H2,1-3H3,(H,14,17). The Balaban J connectivity index is 2.80. The predicted octanol–water partition coefficient (Wildman–Crippen LogP) is 0.602. The number of hydrogen-bond donors (Lipinski definition) is 3. The van der Waals surface area contributed by atoms with Crippen molar-refractivity contribution in [1.29, 1.82) is 0 Å². The van der Waals surface area contributed by atoms with Crippen molar-refractivity contribution in [1.82, 2.24) is 10.2 Å². The Kier molecular flexibility index (Phi) is 4.78. The summed E-state index contributed by atoms with van der Waals surface area (Å²) in [4.78, 5) is 13.7.